The van der Waals surface area contributed by atoms with Gasteiger partial charge in [-0.15, -0.1) is 10.2 Å². The van der Waals surface area contributed by atoms with Crippen LogP contribution < -0.4 is 0 Å². The number of pyridine rings is 1. The van der Waals surface area contributed by atoms with Gasteiger partial charge < -0.3 is 5.11 Å². The normalized spacial score (nSPS) is 10.4. The molecule has 2 aromatic heterocycles. The average molecular weight is 298 g/mol. The van der Waals surface area contributed by atoms with Crippen molar-refractivity contribution in [3.8, 4) is 0 Å². The van der Waals surface area contributed by atoms with E-state index >= 15 is 0 Å². The Kier molecular flexibility index (Phi) is 3.71. The molecule has 0 atom stereocenters. The highest BCUT2D eigenvalue weighted by Crippen LogP contribution is 2.34. The lowest BCUT2D eigenvalue weighted by Crippen LogP contribution is -2.01. The number of aromatic nitrogens is 3. The summed E-state index contributed by atoms with van der Waals surface area (Å²) in [6.45, 7) is 1.76. The second-order valence-electron chi connectivity index (χ2n) is 3.30. The predicted molar refractivity (Wildman–Crippen MR) is 66.6 cm³/mol. The highest BCUT2D eigenvalue weighted by Gasteiger charge is 2.21. The van der Waals surface area contributed by atoms with Gasteiger partial charge in [-0.25, -0.2) is 9.78 Å². The van der Waals surface area contributed by atoms with Gasteiger partial charge in [0.1, 0.15) is 5.01 Å². The molecule has 0 bridgehead atoms. The van der Waals surface area contributed by atoms with Crippen LogP contribution in [0.1, 0.15) is 15.4 Å². The van der Waals surface area contributed by atoms with Gasteiger partial charge in [-0.2, -0.15) is 0 Å². The number of aromatic carboxylic acids is 1. The molecule has 0 aliphatic heterocycles. The van der Waals surface area contributed by atoms with E-state index in [0.29, 0.717) is 4.34 Å². The summed E-state index contributed by atoms with van der Waals surface area (Å²) in [6.07, 6.45) is 1.07. The molecule has 8 nitrogen and oxygen atoms in total. The van der Waals surface area contributed by atoms with E-state index in [1.54, 1.807) is 6.92 Å². The highest BCUT2D eigenvalue weighted by molar-refractivity contribution is 8.01. The largest absolute Gasteiger partial charge is 0.478 e. The SMILES string of the molecule is Cc1nnc(Sc2ncc(C(=O)O)cc2[N+](=O)[O-])s1. The third-order valence-corrected chi connectivity index (χ3v) is 3.86. The summed E-state index contributed by atoms with van der Waals surface area (Å²) in [5, 5.41) is 28.1. The Bertz CT molecular complexity index is 657. The summed E-state index contributed by atoms with van der Waals surface area (Å²) in [5.41, 5.74) is -0.595. The molecule has 0 spiro atoms. The zero-order chi connectivity index (χ0) is 14.0. The molecule has 0 saturated heterocycles. The molecule has 19 heavy (non-hydrogen) atoms. The fourth-order valence-electron chi connectivity index (χ4n) is 1.17. The molecule has 98 valence electrons. The van der Waals surface area contributed by atoms with E-state index in [0.717, 1.165) is 29.0 Å². The smallest absolute Gasteiger partial charge is 0.337 e. The molecule has 0 amide bonds. The number of carboxylic acid groups (broad SMARTS) is 1. The van der Waals surface area contributed by atoms with E-state index in [-0.39, 0.29) is 16.3 Å². The minimum atomic E-state index is -1.26. The maximum Gasteiger partial charge on any atom is 0.337 e. The van der Waals surface area contributed by atoms with E-state index in [2.05, 4.69) is 15.2 Å². The second kappa shape index (κ2) is 5.28. The predicted octanol–water partition coefficient (Wildman–Crippen LogP) is 2.00. The van der Waals surface area contributed by atoms with Gasteiger partial charge in [0.15, 0.2) is 9.37 Å². The van der Waals surface area contributed by atoms with Gasteiger partial charge >= 0.3 is 11.7 Å². The lowest BCUT2D eigenvalue weighted by Gasteiger charge is -2.00. The molecule has 0 aromatic carbocycles. The quantitative estimate of drug-likeness (QED) is 0.672. The maximum atomic E-state index is 10.9. The van der Waals surface area contributed by atoms with Crippen molar-refractivity contribution in [2.24, 2.45) is 0 Å². The third-order valence-electron chi connectivity index (χ3n) is 1.97. The van der Waals surface area contributed by atoms with Crippen molar-refractivity contribution in [3.05, 3.63) is 32.9 Å². The first-order chi connectivity index (χ1) is 8.97. The fourth-order valence-corrected chi connectivity index (χ4v) is 2.94. The van der Waals surface area contributed by atoms with Crippen LogP contribution in [-0.2, 0) is 0 Å². The van der Waals surface area contributed by atoms with Crippen LogP contribution in [0.4, 0.5) is 5.69 Å². The van der Waals surface area contributed by atoms with Gasteiger partial charge in [0.2, 0.25) is 0 Å². The summed E-state index contributed by atoms with van der Waals surface area (Å²) in [5.74, 6) is -1.26. The van der Waals surface area contributed by atoms with E-state index in [9.17, 15) is 14.9 Å². The van der Waals surface area contributed by atoms with Crippen molar-refractivity contribution in [2.75, 3.05) is 0 Å². The Morgan fingerprint density at radius 1 is 1.53 bits per heavy atom. The number of nitrogens with zero attached hydrogens (tertiary/aromatic N) is 4. The molecule has 10 heteroatoms. The average Bonchev–Trinajstić information content (AvgIpc) is 2.74. The van der Waals surface area contributed by atoms with Crippen LogP contribution >= 0.6 is 23.1 Å². The van der Waals surface area contributed by atoms with Crippen molar-refractivity contribution >= 4 is 34.8 Å². The van der Waals surface area contributed by atoms with Crippen molar-refractivity contribution in [1.82, 2.24) is 15.2 Å². The number of hydrogen-bond acceptors (Lipinski definition) is 8. The third kappa shape index (κ3) is 3.03. The monoisotopic (exact) mass is 298 g/mol. The summed E-state index contributed by atoms with van der Waals surface area (Å²) >= 11 is 2.26. The lowest BCUT2D eigenvalue weighted by atomic mass is 10.3. The molecule has 0 radical (unpaired) electrons. The van der Waals surface area contributed by atoms with Crippen molar-refractivity contribution < 1.29 is 14.8 Å². The molecule has 0 fully saturated rings. The van der Waals surface area contributed by atoms with Crippen LogP contribution in [0, 0.1) is 17.0 Å². The van der Waals surface area contributed by atoms with Crippen LogP contribution in [0.5, 0.6) is 0 Å². The number of rotatable bonds is 4. The first-order valence-electron chi connectivity index (χ1n) is 4.83. The number of hydrogen-bond donors (Lipinski definition) is 1. The van der Waals surface area contributed by atoms with Gasteiger partial charge in [-0.05, 0) is 18.7 Å². The first kappa shape index (κ1) is 13.4. The van der Waals surface area contributed by atoms with Gasteiger partial charge in [0.05, 0.1) is 10.5 Å². The van der Waals surface area contributed by atoms with Crippen LogP contribution in [0.3, 0.4) is 0 Å². The van der Waals surface area contributed by atoms with Gasteiger partial charge in [-0.3, -0.25) is 10.1 Å². The maximum absolute atomic E-state index is 10.9. The van der Waals surface area contributed by atoms with E-state index < -0.39 is 10.9 Å². The number of nitro groups is 1. The molecular weight excluding hydrogens is 292 g/mol. The highest BCUT2D eigenvalue weighted by atomic mass is 32.2. The van der Waals surface area contributed by atoms with Crippen molar-refractivity contribution in [3.63, 3.8) is 0 Å². The van der Waals surface area contributed by atoms with Gasteiger partial charge in [-0.1, -0.05) is 11.3 Å². The number of carbonyl (C=O) groups is 1. The van der Waals surface area contributed by atoms with E-state index in [1.165, 1.54) is 11.3 Å². The molecule has 0 aliphatic rings. The molecule has 2 aromatic rings. The number of aryl methyl sites for hydroxylation is 1. The topological polar surface area (TPSA) is 119 Å². The van der Waals surface area contributed by atoms with Gasteiger partial charge in [0.25, 0.3) is 0 Å². The molecular formula is C9H6N4O4S2. The first-order valence-corrected chi connectivity index (χ1v) is 6.46. The molecule has 0 aliphatic carbocycles. The van der Waals surface area contributed by atoms with E-state index in [4.69, 9.17) is 5.11 Å². The Balaban J connectivity index is 2.39. The molecule has 2 heterocycles. The second-order valence-corrected chi connectivity index (χ2v) is 5.72. The van der Waals surface area contributed by atoms with Crippen LogP contribution in [0.25, 0.3) is 0 Å². The summed E-state index contributed by atoms with van der Waals surface area (Å²) in [6, 6.07) is 0.978. The Hall–Kier alpha value is -2.07. The fraction of sp³-hybridized carbons (Fsp3) is 0.111. The molecule has 0 unspecified atom stereocenters. The molecule has 0 saturated carbocycles. The molecule has 2 rings (SSSR count). The van der Waals surface area contributed by atoms with Crippen LogP contribution in [0.15, 0.2) is 21.6 Å². The number of carboxylic acids is 1. The Morgan fingerprint density at radius 2 is 2.26 bits per heavy atom. The summed E-state index contributed by atoms with van der Waals surface area (Å²) < 4.78 is 0.510. The zero-order valence-electron chi connectivity index (χ0n) is 9.43. The standard InChI is InChI=1S/C9H6N4O4S2/c1-4-11-12-9(18-4)19-7-6(13(16)17)2-5(3-10-7)8(14)15/h2-3H,1H3,(H,14,15). The summed E-state index contributed by atoms with van der Waals surface area (Å²) in [7, 11) is 0. The van der Waals surface area contributed by atoms with Gasteiger partial charge in [0, 0.05) is 12.3 Å². The zero-order valence-corrected chi connectivity index (χ0v) is 11.1. The van der Waals surface area contributed by atoms with Crippen molar-refractivity contribution in [1.29, 1.82) is 0 Å². The summed E-state index contributed by atoms with van der Waals surface area (Å²) in [4.78, 5) is 24.8. The minimum Gasteiger partial charge on any atom is -0.478 e. The molecule has 1 N–H and O–H groups in total. The van der Waals surface area contributed by atoms with Crippen LogP contribution in [-0.4, -0.2) is 31.2 Å². The van der Waals surface area contributed by atoms with Crippen LogP contribution in [0.2, 0.25) is 0 Å². The lowest BCUT2D eigenvalue weighted by molar-refractivity contribution is -0.388. The Morgan fingerprint density at radius 3 is 2.79 bits per heavy atom. The van der Waals surface area contributed by atoms with E-state index in [1.807, 2.05) is 0 Å². The minimum absolute atomic E-state index is 0.0890. The Labute approximate surface area is 114 Å². The van der Waals surface area contributed by atoms with Crippen molar-refractivity contribution in [2.45, 2.75) is 16.3 Å².